The van der Waals surface area contributed by atoms with E-state index in [0.29, 0.717) is 0 Å². The molecule has 0 saturated carbocycles. The van der Waals surface area contributed by atoms with E-state index in [4.69, 9.17) is 0 Å². The summed E-state index contributed by atoms with van der Waals surface area (Å²) in [5, 5.41) is 3.20. The summed E-state index contributed by atoms with van der Waals surface area (Å²) < 4.78 is 35.8. The first-order chi connectivity index (χ1) is 7.61. The Balaban J connectivity index is 2.61. The number of methoxy groups -OCH3 is 1. The molecule has 0 aliphatic carbocycles. The van der Waals surface area contributed by atoms with E-state index in [9.17, 15) is 13.6 Å². The topological polar surface area (TPSA) is 68.1 Å². The van der Waals surface area contributed by atoms with Crippen molar-refractivity contribution in [3.63, 3.8) is 0 Å². The zero-order chi connectivity index (χ0) is 11.7. The Bertz CT molecular complexity index is 553. The molecule has 0 bridgehead atoms. The number of aromatic nitrogens is 2. The van der Waals surface area contributed by atoms with Gasteiger partial charge in [0.1, 0.15) is 17.4 Å². The van der Waals surface area contributed by atoms with Crippen molar-refractivity contribution in [1.29, 1.82) is 0 Å². The Morgan fingerprint density at radius 2 is 2.00 bits per heavy atom. The molecule has 1 heterocycles. The Morgan fingerprint density at radius 1 is 1.38 bits per heavy atom. The molecule has 7 heteroatoms. The van der Waals surface area contributed by atoms with Crippen molar-refractivity contribution >= 4 is 0 Å². The van der Waals surface area contributed by atoms with Crippen LogP contribution in [0.5, 0.6) is 5.75 Å². The van der Waals surface area contributed by atoms with Crippen molar-refractivity contribution in [2.24, 2.45) is 0 Å². The Kier molecular flexibility index (Phi) is 2.43. The lowest BCUT2D eigenvalue weighted by Crippen LogP contribution is -1.98. The Hall–Kier alpha value is -2.18. The number of ether oxygens (including phenoxy) is 1. The molecular formula is C9H6F2N2O3. The number of nitrogens with zero attached hydrogens (tertiary/aromatic N) is 1. The number of hydrogen-bond donors (Lipinski definition) is 1. The summed E-state index contributed by atoms with van der Waals surface area (Å²) in [5.41, 5.74) is -0.466. The standard InChI is InChI=1S/C9H6F2N2O3/c1-15-4-2-5(10)7(6(11)3-4)8-12-9(14)16-13-8/h2-3H,1H3,(H,12,13,14). The molecule has 0 saturated heterocycles. The minimum Gasteiger partial charge on any atom is -0.497 e. The summed E-state index contributed by atoms with van der Waals surface area (Å²) in [6, 6.07) is 1.96. The van der Waals surface area contributed by atoms with Crippen LogP contribution in [0.2, 0.25) is 0 Å². The second kappa shape index (κ2) is 3.76. The number of H-pyrrole nitrogens is 1. The first-order valence-corrected chi connectivity index (χ1v) is 4.21. The van der Waals surface area contributed by atoms with Gasteiger partial charge >= 0.3 is 5.76 Å². The van der Waals surface area contributed by atoms with Crippen LogP contribution < -0.4 is 10.5 Å². The van der Waals surface area contributed by atoms with E-state index >= 15 is 0 Å². The average Bonchev–Trinajstić information content (AvgIpc) is 2.63. The Morgan fingerprint density at radius 3 is 2.44 bits per heavy atom. The van der Waals surface area contributed by atoms with E-state index in [1.165, 1.54) is 7.11 Å². The van der Waals surface area contributed by atoms with Crippen LogP contribution >= 0.6 is 0 Å². The number of aromatic amines is 1. The van der Waals surface area contributed by atoms with Gasteiger partial charge in [0.2, 0.25) is 0 Å². The zero-order valence-electron chi connectivity index (χ0n) is 8.08. The van der Waals surface area contributed by atoms with Gasteiger partial charge in [-0.15, -0.1) is 0 Å². The maximum absolute atomic E-state index is 13.5. The largest absolute Gasteiger partial charge is 0.497 e. The lowest BCUT2D eigenvalue weighted by atomic mass is 10.2. The van der Waals surface area contributed by atoms with Gasteiger partial charge in [0.05, 0.1) is 12.7 Å². The molecule has 1 aromatic carbocycles. The van der Waals surface area contributed by atoms with Crippen molar-refractivity contribution in [2.75, 3.05) is 7.11 Å². The lowest BCUT2D eigenvalue weighted by Gasteiger charge is -2.04. The molecule has 0 spiro atoms. The average molecular weight is 228 g/mol. The molecule has 1 aromatic heterocycles. The molecule has 84 valence electrons. The summed E-state index contributed by atoms with van der Waals surface area (Å²) >= 11 is 0. The molecule has 0 radical (unpaired) electrons. The van der Waals surface area contributed by atoms with Crippen molar-refractivity contribution in [1.82, 2.24) is 10.1 Å². The second-order valence-electron chi connectivity index (χ2n) is 2.91. The molecule has 0 amide bonds. The Labute approximate surface area is 87.6 Å². The number of hydrogen-bond acceptors (Lipinski definition) is 4. The van der Waals surface area contributed by atoms with Crippen LogP contribution in [-0.4, -0.2) is 17.3 Å². The highest BCUT2D eigenvalue weighted by Crippen LogP contribution is 2.26. The molecule has 1 N–H and O–H groups in total. The molecule has 0 aliphatic heterocycles. The summed E-state index contributed by atoms with van der Waals surface area (Å²) in [6.07, 6.45) is 0. The molecule has 16 heavy (non-hydrogen) atoms. The quantitative estimate of drug-likeness (QED) is 0.841. The van der Waals surface area contributed by atoms with Gasteiger partial charge in [-0.25, -0.2) is 13.6 Å². The summed E-state index contributed by atoms with van der Waals surface area (Å²) in [6.45, 7) is 0. The van der Waals surface area contributed by atoms with Gasteiger partial charge in [0.25, 0.3) is 0 Å². The fraction of sp³-hybridized carbons (Fsp3) is 0.111. The lowest BCUT2D eigenvalue weighted by molar-refractivity contribution is 0.387. The fourth-order valence-corrected chi connectivity index (χ4v) is 1.23. The van der Waals surface area contributed by atoms with Gasteiger partial charge in [-0.3, -0.25) is 9.51 Å². The molecular weight excluding hydrogens is 222 g/mol. The molecule has 2 rings (SSSR count). The number of halogens is 2. The first-order valence-electron chi connectivity index (χ1n) is 4.21. The highest BCUT2D eigenvalue weighted by molar-refractivity contribution is 5.57. The van der Waals surface area contributed by atoms with Crippen LogP contribution in [0.4, 0.5) is 8.78 Å². The molecule has 0 aliphatic rings. The van der Waals surface area contributed by atoms with E-state index in [-0.39, 0.29) is 11.6 Å². The summed E-state index contributed by atoms with van der Waals surface area (Å²) in [5.74, 6) is -2.96. The maximum atomic E-state index is 13.5. The smallest absolute Gasteiger partial charge is 0.439 e. The number of benzene rings is 1. The van der Waals surface area contributed by atoms with Gasteiger partial charge in [0.15, 0.2) is 5.82 Å². The van der Waals surface area contributed by atoms with Crippen LogP contribution in [-0.2, 0) is 0 Å². The van der Waals surface area contributed by atoms with Crippen molar-refractivity contribution in [2.45, 2.75) is 0 Å². The highest BCUT2D eigenvalue weighted by Gasteiger charge is 2.17. The third-order valence-electron chi connectivity index (χ3n) is 1.93. The van der Waals surface area contributed by atoms with Gasteiger partial charge in [-0.1, -0.05) is 5.16 Å². The van der Waals surface area contributed by atoms with E-state index < -0.39 is 23.0 Å². The monoisotopic (exact) mass is 228 g/mol. The van der Waals surface area contributed by atoms with Crippen LogP contribution in [0.25, 0.3) is 11.4 Å². The first kappa shape index (κ1) is 10.3. The normalized spacial score (nSPS) is 10.4. The third-order valence-corrected chi connectivity index (χ3v) is 1.93. The number of nitrogens with one attached hydrogen (secondary N) is 1. The number of rotatable bonds is 2. The van der Waals surface area contributed by atoms with E-state index in [2.05, 4.69) is 19.4 Å². The molecule has 0 unspecified atom stereocenters. The van der Waals surface area contributed by atoms with Crippen LogP contribution in [0.1, 0.15) is 0 Å². The fourth-order valence-electron chi connectivity index (χ4n) is 1.23. The van der Waals surface area contributed by atoms with Crippen LogP contribution in [0.15, 0.2) is 21.5 Å². The van der Waals surface area contributed by atoms with E-state index in [1.54, 1.807) is 0 Å². The maximum Gasteiger partial charge on any atom is 0.439 e. The summed E-state index contributed by atoms with van der Waals surface area (Å²) in [7, 11) is 1.28. The predicted molar refractivity (Wildman–Crippen MR) is 49.0 cm³/mol. The molecule has 2 aromatic rings. The van der Waals surface area contributed by atoms with Gasteiger partial charge in [-0.2, -0.15) is 0 Å². The predicted octanol–water partition coefficient (Wildman–Crippen LogP) is 1.32. The van der Waals surface area contributed by atoms with Crippen LogP contribution in [0.3, 0.4) is 0 Å². The second-order valence-corrected chi connectivity index (χ2v) is 2.91. The molecule has 5 nitrogen and oxygen atoms in total. The van der Waals surface area contributed by atoms with Gasteiger partial charge < -0.3 is 4.74 Å². The van der Waals surface area contributed by atoms with Gasteiger partial charge in [0, 0.05) is 12.1 Å². The SMILES string of the molecule is COc1cc(F)c(-c2noc(=O)[nH]2)c(F)c1. The van der Waals surface area contributed by atoms with Crippen molar-refractivity contribution in [3.8, 4) is 17.1 Å². The van der Waals surface area contributed by atoms with Crippen LogP contribution in [0, 0.1) is 11.6 Å². The minimum atomic E-state index is -0.901. The summed E-state index contributed by atoms with van der Waals surface area (Å²) in [4.78, 5) is 12.7. The van der Waals surface area contributed by atoms with E-state index in [1.807, 2.05) is 0 Å². The van der Waals surface area contributed by atoms with Gasteiger partial charge in [-0.05, 0) is 0 Å². The minimum absolute atomic E-state index is 0.0320. The molecule has 0 fully saturated rings. The van der Waals surface area contributed by atoms with Crippen molar-refractivity contribution < 1.29 is 18.0 Å². The zero-order valence-corrected chi connectivity index (χ0v) is 8.08. The highest BCUT2D eigenvalue weighted by atomic mass is 19.1. The van der Waals surface area contributed by atoms with E-state index in [0.717, 1.165) is 12.1 Å². The van der Waals surface area contributed by atoms with Crippen molar-refractivity contribution in [3.05, 3.63) is 34.3 Å². The third kappa shape index (κ3) is 1.67. The molecule has 0 atom stereocenters.